The molecule has 1 aromatic heterocycles. The molecule has 1 aromatic carbocycles. The molecule has 0 atom stereocenters. The molecule has 5 nitrogen and oxygen atoms in total. The summed E-state index contributed by atoms with van der Waals surface area (Å²) in [4.78, 5) is 28.7. The van der Waals surface area contributed by atoms with Gasteiger partial charge in [-0.2, -0.15) is 0 Å². The number of nitrogens with zero attached hydrogens (tertiary/aromatic N) is 1. The maximum atomic E-state index is 12.6. The molecule has 110 valence electrons. The van der Waals surface area contributed by atoms with Crippen molar-refractivity contribution in [2.24, 2.45) is 11.7 Å². The van der Waals surface area contributed by atoms with Crippen LogP contribution < -0.4 is 5.73 Å². The number of carbonyl (C=O) groups is 2. The van der Waals surface area contributed by atoms with E-state index in [1.54, 1.807) is 4.90 Å². The van der Waals surface area contributed by atoms with Gasteiger partial charge in [-0.05, 0) is 34.8 Å². The normalized spacial score (nSPS) is 16.3. The summed E-state index contributed by atoms with van der Waals surface area (Å²) in [6, 6.07) is 7.77. The first kappa shape index (κ1) is 14.1. The van der Waals surface area contributed by atoms with E-state index < -0.39 is 0 Å². The molecule has 0 spiro atoms. The Kier molecular flexibility index (Phi) is 3.71. The van der Waals surface area contributed by atoms with Crippen LogP contribution >= 0.6 is 15.9 Å². The standard InChI is InChI=1S/C15H16BrN3O2/c16-12-10-3-1-2-4-11(10)18-13(12)15(21)19-7-5-9(6-8-19)14(17)20/h1-4,9,18H,5-8H2,(H2,17,20). The molecule has 1 fully saturated rings. The van der Waals surface area contributed by atoms with E-state index in [1.165, 1.54) is 0 Å². The largest absolute Gasteiger partial charge is 0.369 e. The number of carbonyl (C=O) groups excluding carboxylic acids is 2. The molecule has 21 heavy (non-hydrogen) atoms. The number of hydrogen-bond acceptors (Lipinski definition) is 2. The molecule has 1 aliphatic heterocycles. The molecule has 0 saturated carbocycles. The van der Waals surface area contributed by atoms with E-state index >= 15 is 0 Å². The Bertz CT molecular complexity index is 702. The SMILES string of the molecule is NC(=O)C1CCN(C(=O)c2[nH]c3ccccc3c2Br)CC1. The summed E-state index contributed by atoms with van der Waals surface area (Å²) in [6.45, 7) is 1.13. The molecule has 0 aliphatic carbocycles. The van der Waals surface area contributed by atoms with Gasteiger partial charge in [-0.15, -0.1) is 0 Å². The lowest BCUT2D eigenvalue weighted by molar-refractivity contribution is -0.123. The van der Waals surface area contributed by atoms with Gasteiger partial charge in [0.05, 0.1) is 4.47 Å². The monoisotopic (exact) mass is 349 g/mol. The highest BCUT2D eigenvalue weighted by molar-refractivity contribution is 9.10. The molecule has 6 heteroatoms. The minimum Gasteiger partial charge on any atom is -0.369 e. The van der Waals surface area contributed by atoms with Crippen LogP contribution in [-0.2, 0) is 4.79 Å². The van der Waals surface area contributed by atoms with Gasteiger partial charge in [-0.1, -0.05) is 18.2 Å². The summed E-state index contributed by atoms with van der Waals surface area (Å²) in [7, 11) is 0. The van der Waals surface area contributed by atoms with Crippen LogP contribution in [0.4, 0.5) is 0 Å². The van der Waals surface area contributed by atoms with Gasteiger partial charge in [-0.3, -0.25) is 9.59 Å². The number of likely N-dealkylation sites (tertiary alicyclic amines) is 1. The number of amides is 2. The molecule has 0 unspecified atom stereocenters. The van der Waals surface area contributed by atoms with E-state index in [0.29, 0.717) is 31.6 Å². The molecular weight excluding hydrogens is 334 g/mol. The van der Waals surface area contributed by atoms with E-state index in [4.69, 9.17) is 5.73 Å². The summed E-state index contributed by atoms with van der Waals surface area (Å²) in [6.07, 6.45) is 1.28. The Labute approximate surface area is 130 Å². The number of fused-ring (bicyclic) bond motifs is 1. The number of nitrogens with two attached hydrogens (primary N) is 1. The first-order chi connectivity index (χ1) is 10.1. The molecule has 0 bridgehead atoms. The van der Waals surface area contributed by atoms with Crippen molar-refractivity contribution in [3.63, 3.8) is 0 Å². The van der Waals surface area contributed by atoms with Gasteiger partial charge in [0.15, 0.2) is 0 Å². The van der Waals surface area contributed by atoms with Gasteiger partial charge in [0.1, 0.15) is 5.69 Å². The molecule has 3 N–H and O–H groups in total. The van der Waals surface area contributed by atoms with E-state index in [9.17, 15) is 9.59 Å². The van der Waals surface area contributed by atoms with Crippen molar-refractivity contribution < 1.29 is 9.59 Å². The Morgan fingerprint density at radius 1 is 1.24 bits per heavy atom. The van der Waals surface area contributed by atoms with Crippen LogP contribution in [0.1, 0.15) is 23.3 Å². The van der Waals surface area contributed by atoms with Gasteiger partial charge in [0.2, 0.25) is 5.91 Å². The molecule has 2 aromatic rings. The molecule has 2 amide bonds. The summed E-state index contributed by atoms with van der Waals surface area (Å²) < 4.78 is 0.792. The van der Waals surface area contributed by atoms with Crippen LogP contribution in [0, 0.1) is 5.92 Å². The molecular formula is C15H16BrN3O2. The maximum Gasteiger partial charge on any atom is 0.271 e. The molecule has 1 aliphatic rings. The summed E-state index contributed by atoms with van der Waals surface area (Å²) in [5.74, 6) is -0.421. The van der Waals surface area contributed by atoms with Crippen LogP contribution in [0.2, 0.25) is 0 Å². The first-order valence-electron chi connectivity index (χ1n) is 6.92. The first-order valence-corrected chi connectivity index (χ1v) is 7.72. The third-order valence-electron chi connectivity index (χ3n) is 4.04. The Hall–Kier alpha value is -1.82. The number of H-pyrrole nitrogens is 1. The van der Waals surface area contributed by atoms with E-state index in [-0.39, 0.29) is 17.7 Å². The highest BCUT2D eigenvalue weighted by atomic mass is 79.9. The Morgan fingerprint density at radius 2 is 1.90 bits per heavy atom. The van der Waals surface area contributed by atoms with Crippen molar-refractivity contribution in [3.8, 4) is 0 Å². The predicted molar refractivity (Wildman–Crippen MR) is 83.8 cm³/mol. The van der Waals surface area contributed by atoms with Gasteiger partial charge < -0.3 is 15.6 Å². The third kappa shape index (κ3) is 2.55. The lowest BCUT2D eigenvalue weighted by atomic mass is 9.96. The van der Waals surface area contributed by atoms with Crippen molar-refractivity contribution >= 4 is 38.6 Å². The number of para-hydroxylation sites is 1. The van der Waals surface area contributed by atoms with Crippen molar-refractivity contribution in [1.82, 2.24) is 9.88 Å². The zero-order valence-electron chi connectivity index (χ0n) is 11.4. The number of nitrogens with one attached hydrogen (secondary N) is 1. The van der Waals surface area contributed by atoms with Crippen molar-refractivity contribution in [2.75, 3.05) is 13.1 Å². The molecule has 1 saturated heterocycles. The fourth-order valence-corrected chi connectivity index (χ4v) is 3.39. The van der Waals surface area contributed by atoms with Gasteiger partial charge in [-0.25, -0.2) is 0 Å². The number of aromatic nitrogens is 1. The Morgan fingerprint density at radius 3 is 2.52 bits per heavy atom. The van der Waals surface area contributed by atoms with E-state index in [2.05, 4.69) is 20.9 Å². The minimum absolute atomic E-state index is 0.0407. The predicted octanol–water partition coefficient (Wildman–Crippen LogP) is 2.27. The van der Waals surface area contributed by atoms with Crippen LogP contribution in [-0.4, -0.2) is 34.8 Å². The number of primary amides is 1. The zero-order chi connectivity index (χ0) is 15.0. The van der Waals surface area contributed by atoms with Gasteiger partial charge in [0, 0.05) is 29.9 Å². The fourth-order valence-electron chi connectivity index (χ4n) is 2.78. The number of hydrogen-bond donors (Lipinski definition) is 2. The quantitative estimate of drug-likeness (QED) is 0.871. The average molecular weight is 350 g/mol. The summed E-state index contributed by atoms with van der Waals surface area (Å²) >= 11 is 3.50. The second-order valence-corrected chi connectivity index (χ2v) is 6.12. The van der Waals surface area contributed by atoms with E-state index in [1.807, 2.05) is 24.3 Å². The Balaban J connectivity index is 1.82. The number of aromatic amines is 1. The summed E-state index contributed by atoms with van der Waals surface area (Å²) in [5, 5.41) is 0.993. The fraction of sp³-hybridized carbons (Fsp3) is 0.333. The average Bonchev–Trinajstić information content (AvgIpc) is 2.84. The van der Waals surface area contributed by atoms with Gasteiger partial charge >= 0.3 is 0 Å². The highest BCUT2D eigenvalue weighted by Crippen LogP contribution is 2.29. The van der Waals surface area contributed by atoms with Gasteiger partial charge in [0.25, 0.3) is 5.91 Å². The number of piperidine rings is 1. The van der Waals surface area contributed by atoms with Crippen LogP contribution in [0.5, 0.6) is 0 Å². The molecule has 0 radical (unpaired) electrons. The minimum atomic E-state index is -0.270. The van der Waals surface area contributed by atoms with Crippen LogP contribution in [0.25, 0.3) is 10.9 Å². The van der Waals surface area contributed by atoms with Crippen LogP contribution in [0.3, 0.4) is 0 Å². The van der Waals surface area contributed by atoms with Crippen molar-refractivity contribution in [3.05, 3.63) is 34.4 Å². The highest BCUT2D eigenvalue weighted by Gasteiger charge is 2.28. The maximum absolute atomic E-state index is 12.6. The van der Waals surface area contributed by atoms with Crippen LogP contribution in [0.15, 0.2) is 28.7 Å². The summed E-state index contributed by atoms with van der Waals surface area (Å²) in [5.41, 5.74) is 6.81. The molecule has 2 heterocycles. The second-order valence-electron chi connectivity index (χ2n) is 5.33. The number of halogens is 1. The molecule has 3 rings (SSSR count). The smallest absolute Gasteiger partial charge is 0.271 e. The lowest BCUT2D eigenvalue weighted by Gasteiger charge is -2.30. The second kappa shape index (κ2) is 5.52. The van der Waals surface area contributed by atoms with Crippen molar-refractivity contribution in [2.45, 2.75) is 12.8 Å². The topological polar surface area (TPSA) is 79.2 Å². The third-order valence-corrected chi connectivity index (χ3v) is 4.86. The van der Waals surface area contributed by atoms with E-state index in [0.717, 1.165) is 15.4 Å². The zero-order valence-corrected chi connectivity index (χ0v) is 13.0. The lowest BCUT2D eigenvalue weighted by Crippen LogP contribution is -2.41. The number of benzene rings is 1. The van der Waals surface area contributed by atoms with Crippen molar-refractivity contribution in [1.29, 1.82) is 0 Å². The number of rotatable bonds is 2.